The van der Waals surface area contributed by atoms with Crippen LogP contribution < -0.4 is 4.74 Å². The number of hydrogen-bond acceptors (Lipinski definition) is 5. The molecule has 4 rings (SSSR count). The van der Waals surface area contributed by atoms with E-state index in [1.165, 1.54) is 18.3 Å². The highest BCUT2D eigenvalue weighted by Gasteiger charge is 2.27. The Morgan fingerprint density at radius 3 is 3.04 bits per heavy atom. The second-order valence-corrected chi connectivity index (χ2v) is 6.40. The van der Waals surface area contributed by atoms with Gasteiger partial charge in [-0.05, 0) is 31.0 Å². The van der Waals surface area contributed by atoms with Crippen LogP contribution in [-0.4, -0.2) is 44.1 Å². The normalized spacial score (nSPS) is 16.9. The predicted octanol–water partition coefficient (Wildman–Crippen LogP) is 3.15. The van der Waals surface area contributed by atoms with Gasteiger partial charge in [0.05, 0.1) is 11.9 Å². The number of nitrogens with one attached hydrogen (secondary N) is 1. The molecule has 0 aliphatic carbocycles. The smallest absolute Gasteiger partial charge is 0.271 e. The van der Waals surface area contributed by atoms with Crippen LogP contribution in [0.2, 0.25) is 0 Å². The second kappa shape index (κ2) is 7.53. The minimum atomic E-state index is -0.378. The van der Waals surface area contributed by atoms with Crippen molar-refractivity contribution in [3.63, 3.8) is 0 Å². The number of H-pyrrole nitrogens is 1. The summed E-state index contributed by atoms with van der Waals surface area (Å²) in [6.07, 6.45) is 6.53. The molecular formula is C19H18FN5O2. The average molecular weight is 367 g/mol. The molecule has 3 heterocycles. The van der Waals surface area contributed by atoms with Gasteiger partial charge in [-0.2, -0.15) is 5.10 Å². The minimum absolute atomic E-state index is 0.0641. The third kappa shape index (κ3) is 3.94. The SMILES string of the molecule is O=C(c1ccn[nH]1)N1CCCC(c2cncc(Oc3cccc(F)c3)n2)C1. The fourth-order valence-electron chi connectivity index (χ4n) is 3.21. The number of likely N-dealkylation sites (tertiary alicyclic amines) is 1. The number of ether oxygens (including phenoxy) is 1. The van der Waals surface area contributed by atoms with Gasteiger partial charge in [0.1, 0.15) is 17.3 Å². The monoisotopic (exact) mass is 367 g/mol. The van der Waals surface area contributed by atoms with E-state index in [1.54, 1.807) is 35.5 Å². The largest absolute Gasteiger partial charge is 0.437 e. The lowest BCUT2D eigenvalue weighted by Crippen LogP contribution is -2.39. The van der Waals surface area contributed by atoms with Crippen molar-refractivity contribution < 1.29 is 13.9 Å². The van der Waals surface area contributed by atoms with Crippen molar-refractivity contribution >= 4 is 5.91 Å². The maximum absolute atomic E-state index is 13.3. The predicted molar refractivity (Wildman–Crippen MR) is 95.0 cm³/mol. The zero-order chi connectivity index (χ0) is 18.6. The van der Waals surface area contributed by atoms with Crippen molar-refractivity contribution in [2.24, 2.45) is 0 Å². The van der Waals surface area contributed by atoms with Crippen LogP contribution >= 0.6 is 0 Å². The first-order chi connectivity index (χ1) is 13.2. The number of halogens is 1. The summed E-state index contributed by atoms with van der Waals surface area (Å²) in [7, 11) is 0. The summed E-state index contributed by atoms with van der Waals surface area (Å²) in [5.41, 5.74) is 1.23. The van der Waals surface area contributed by atoms with E-state index in [0.717, 1.165) is 18.5 Å². The second-order valence-electron chi connectivity index (χ2n) is 6.40. The van der Waals surface area contributed by atoms with E-state index in [1.807, 2.05) is 0 Å². The highest BCUT2D eigenvalue weighted by Crippen LogP contribution is 2.28. The highest BCUT2D eigenvalue weighted by atomic mass is 19.1. The van der Waals surface area contributed by atoms with Crippen molar-refractivity contribution in [3.8, 4) is 11.6 Å². The van der Waals surface area contributed by atoms with Crippen LogP contribution in [0.4, 0.5) is 4.39 Å². The molecule has 0 spiro atoms. The number of rotatable bonds is 4. The number of nitrogens with zero attached hydrogens (tertiary/aromatic N) is 4. The molecule has 138 valence electrons. The van der Waals surface area contributed by atoms with Gasteiger partial charge in [-0.15, -0.1) is 0 Å². The standard InChI is InChI=1S/C19H18FN5O2/c20-14-4-1-5-15(9-14)27-18-11-21-10-17(23-18)13-3-2-8-25(12-13)19(26)16-6-7-22-24-16/h1,4-7,9-11,13H,2-3,8,12H2,(H,22,24). The van der Waals surface area contributed by atoms with E-state index >= 15 is 0 Å². The first-order valence-electron chi connectivity index (χ1n) is 8.73. The third-order valence-corrected chi connectivity index (χ3v) is 4.51. The molecule has 1 fully saturated rings. The molecule has 1 aromatic carbocycles. The number of carbonyl (C=O) groups is 1. The molecule has 8 heteroatoms. The van der Waals surface area contributed by atoms with Gasteiger partial charge in [0.2, 0.25) is 5.88 Å². The first-order valence-corrected chi connectivity index (χ1v) is 8.73. The summed E-state index contributed by atoms with van der Waals surface area (Å²) in [5, 5.41) is 6.54. The van der Waals surface area contributed by atoms with E-state index in [-0.39, 0.29) is 17.6 Å². The molecule has 1 aliphatic rings. The average Bonchev–Trinajstić information content (AvgIpc) is 3.23. The summed E-state index contributed by atoms with van der Waals surface area (Å²) in [6, 6.07) is 7.53. The summed E-state index contributed by atoms with van der Waals surface area (Å²) in [6.45, 7) is 1.25. The molecule has 7 nitrogen and oxygen atoms in total. The number of carbonyl (C=O) groups excluding carboxylic acids is 1. The Morgan fingerprint density at radius 1 is 1.30 bits per heavy atom. The van der Waals surface area contributed by atoms with Crippen molar-refractivity contribution in [2.45, 2.75) is 18.8 Å². The summed E-state index contributed by atoms with van der Waals surface area (Å²) in [5.74, 6) is 0.277. The molecule has 0 radical (unpaired) electrons. The first kappa shape index (κ1) is 17.1. The van der Waals surface area contributed by atoms with Crippen LogP contribution in [0.1, 0.15) is 34.9 Å². The number of amides is 1. The molecular weight excluding hydrogens is 349 g/mol. The van der Waals surface area contributed by atoms with Crippen molar-refractivity contribution in [2.75, 3.05) is 13.1 Å². The van der Waals surface area contributed by atoms with E-state index in [9.17, 15) is 9.18 Å². The maximum atomic E-state index is 13.3. The van der Waals surface area contributed by atoms with Gasteiger partial charge in [0.25, 0.3) is 5.91 Å². The molecule has 2 aromatic heterocycles. The number of benzene rings is 1. The number of aromatic nitrogens is 4. The number of hydrogen-bond donors (Lipinski definition) is 1. The van der Waals surface area contributed by atoms with Crippen LogP contribution in [-0.2, 0) is 0 Å². The topological polar surface area (TPSA) is 84.0 Å². The van der Waals surface area contributed by atoms with E-state index in [2.05, 4.69) is 20.2 Å². The molecule has 3 aromatic rings. The van der Waals surface area contributed by atoms with Crippen LogP contribution in [0, 0.1) is 5.82 Å². The Hall–Kier alpha value is -3.29. The number of piperidine rings is 1. The van der Waals surface area contributed by atoms with Crippen molar-refractivity contribution in [3.05, 3.63) is 66.1 Å². The molecule has 1 saturated heterocycles. The summed E-state index contributed by atoms with van der Waals surface area (Å²) in [4.78, 5) is 23.0. The van der Waals surface area contributed by atoms with Gasteiger partial charge in [-0.3, -0.25) is 14.9 Å². The Morgan fingerprint density at radius 2 is 2.22 bits per heavy atom. The van der Waals surface area contributed by atoms with E-state index in [4.69, 9.17) is 4.74 Å². The molecule has 1 N–H and O–H groups in total. The van der Waals surface area contributed by atoms with E-state index < -0.39 is 0 Å². The molecule has 1 atom stereocenters. The van der Waals surface area contributed by atoms with Gasteiger partial charge >= 0.3 is 0 Å². The van der Waals surface area contributed by atoms with Crippen LogP contribution in [0.3, 0.4) is 0 Å². The van der Waals surface area contributed by atoms with E-state index in [0.29, 0.717) is 30.4 Å². The lowest BCUT2D eigenvalue weighted by Gasteiger charge is -2.32. The Labute approximate surface area is 155 Å². The quantitative estimate of drug-likeness (QED) is 0.766. The Kier molecular flexibility index (Phi) is 4.78. The Balaban J connectivity index is 1.48. The Bertz CT molecular complexity index is 931. The van der Waals surface area contributed by atoms with Crippen molar-refractivity contribution in [1.29, 1.82) is 0 Å². The van der Waals surface area contributed by atoms with Gasteiger partial charge in [0, 0.05) is 37.5 Å². The molecule has 0 saturated carbocycles. The van der Waals surface area contributed by atoms with Gasteiger partial charge in [0.15, 0.2) is 0 Å². The molecule has 1 amide bonds. The van der Waals surface area contributed by atoms with Crippen LogP contribution in [0.15, 0.2) is 48.9 Å². The maximum Gasteiger partial charge on any atom is 0.271 e. The molecule has 27 heavy (non-hydrogen) atoms. The summed E-state index contributed by atoms with van der Waals surface area (Å²) >= 11 is 0. The lowest BCUT2D eigenvalue weighted by molar-refractivity contribution is 0.0699. The zero-order valence-electron chi connectivity index (χ0n) is 14.5. The molecule has 0 bridgehead atoms. The fourth-order valence-corrected chi connectivity index (χ4v) is 3.21. The lowest BCUT2D eigenvalue weighted by atomic mass is 9.95. The van der Waals surface area contributed by atoms with Crippen LogP contribution in [0.25, 0.3) is 0 Å². The highest BCUT2D eigenvalue weighted by molar-refractivity contribution is 5.92. The van der Waals surface area contributed by atoms with Gasteiger partial charge in [-0.25, -0.2) is 9.37 Å². The molecule has 1 unspecified atom stereocenters. The van der Waals surface area contributed by atoms with Crippen LogP contribution in [0.5, 0.6) is 11.6 Å². The minimum Gasteiger partial charge on any atom is -0.437 e. The molecule has 1 aliphatic heterocycles. The summed E-state index contributed by atoms with van der Waals surface area (Å²) < 4.78 is 18.9. The zero-order valence-corrected chi connectivity index (χ0v) is 14.5. The van der Waals surface area contributed by atoms with Gasteiger partial charge < -0.3 is 9.64 Å². The number of aromatic amines is 1. The van der Waals surface area contributed by atoms with Gasteiger partial charge in [-0.1, -0.05) is 6.07 Å². The van der Waals surface area contributed by atoms with Crippen molar-refractivity contribution in [1.82, 2.24) is 25.1 Å². The third-order valence-electron chi connectivity index (χ3n) is 4.51. The fraction of sp³-hybridized carbons (Fsp3) is 0.263.